The zero-order chi connectivity index (χ0) is 18.7. The molecule has 1 fully saturated rings. The predicted molar refractivity (Wildman–Crippen MR) is 106 cm³/mol. The van der Waals surface area contributed by atoms with Gasteiger partial charge in [-0.15, -0.1) is 0 Å². The van der Waals surface area contributed by atoms with Gasteiger partial charge in [0.05, 0.1) is 17.5 Å². The van der Waals surface area contributed by atoms with Gasteiger partial charge in [0.25, 0.3) is 0 Å². The van der Waals surface area contributed by atoms with Gasteiger partial charge in [-0.2, -0.15) is 0 Å². The van der Waals surface area contributed by atoms with E-state index in [0.29, 0.717) is 18.0 Å². The van der Waals surface area contributed by atoms with E-state index in [0.717, 1.165) is 16.6 Å². The van der Waals surface area contributed by atoms with E-state index in [9.17, 15) is 9.59 Å². The molecule has 136 valence electrons. The fourth-order valence-corrected chi connectivity index (χ4v) is 3.43. The average Bonchev–Trinajstić information content (AvgIpc) is 3.05. The molecule has 0 saturated carbocycles. The van der Waals surface area contributed by atoms with Crippen LogP contribution in [-0.2, 0) is 16.0 Å². The number of rotatable bonds is 5. The molecule has 0 aliphatic carbocycles. The Morgan fingerprint density at radius 3 is 2.65 bits per heavy atom. The van der Waals surface area contributed by atoms with Crippen LogP contribution in [0.15, 0.2) is 46.9 Å². The number of carbonyl (C=O) groups excluding carboxylic acids is 2. The zero-order valence-electron chi connectivity index (χ0n) is 14.8. The summed E-state index contributed by atoms with van der Waals surface area (Å²) in [5.41, 5.74) is 2.71. The Hall–Kier alpha value is -2.34. The summed E-state index contributed by atoms with van der Waals surface area (Å²) in [7, 11) is 1.57. The van der Waals surface area contributed by atoms with E-state index < -0.39 is 0 Å². The Morgan fingerprint density at radius 2 is 2.00 bits per heavy atom. The van der Waals surface area contributed by atoms with Crippen molar-refractivity contribution < 1.29 is 14.3 Å². The molecule has 1 atom stereocenters. The quantitative estimate of drug-likeness (QED) is 0.800. The second-order valence-corrected chi connectivity index (χ2v) is 7.12. The molecule has 1 saturated heterocycles. The first kappa shape index (κ1) is 18.5. The molecule has 0 spiro atoms. The third-order valence-electron chi connectivity index (χ3n) is 4.57. The van der Waals surface area contributed by atoms with Crippen LogP contribution in [0, 0.1) is 5.92 Å². The van der Waals surface area contributed by atoms with Crippen LogP contribution in [0.2, 0.25) is 0 Å². The molecule has 0 radical (unpaired) electrons. The SMILES string of the molecule is CCc1ccc(N2C[C@@H](C(=O)Nc3ccc(Br)c(OC)c3)CC2=O)cc1. The molecule has 6 heteroatoms. The minimum atomic E-state index is -0.372. The lowest BCUT2D eigenvalue weighted by Gasteiger charge is -2.17. The minimum absolute atomic E-state index is 0.0252. The first-order chi connectivity index (χ1) is 12.5. The summed E-state index contributed by atoms with van der Waals surface area (Å²) in [5.74, 6) is 0.0871. The number of ether oxygens (including phenoxy) is 1. The van der Waals surface area contributed by atoms with Crippen LogP contribution >= 0.6 is 15.9 Å². The molecule has 5 nitrogen and oxygen atoms in total. The Labute approximate surface area is 161 Å². The summed E-state index contributed by atoms with van der Waals surface area (Å²) in [6, 6.07) is 13.3. The van der Waals surface area contributed by atoms with Gasteiger partial charge in [0.1, 0.15) is 5.75 Å². The highest BCUT2D eigenvalue weighted by atomic mass is 79.9. The maximum absolute atomic E-state index is 12.6. The van der Waals surface area contributed by atoms with Crippen molar-refractivity contribution in [3.8, 4) is 5.75 Å². The smallest absolute Gasteiger partial charge is 0.229 e. The van der Waals surface area contributed by atoms with Gasteiger partial charge in [-0.25, -0.2) is 0 Å². The van der Waals surface area contributed by atoms with Gasteiger partial charge in [-0.05, 0) is 52.2 Å². The first-order valence-corrected chi connectivity index (χ1v) is 9.34. The number of hydrogen-bond donors (Lipinski definition) is 1. The van der Waals surface area contributed by atoms with Crippen LogP contribution in [0.5, 0.6) is 5.75 Å². The molecule has 2 aromatic rings. The summed E-state index contributed by atoms with van der Waals surface area (Å²) >= 11 is 3.39. The first-order valence-electron chi connectivity index (χ1n) is 8.55. The van der Waals surface area contributed by atoms with E-state index >= 15 is 0 Å². The molecule has 2 aromatic carbocycles. The molecule has 1 heterocycles. The molecule has 1 aliphatic rings. The number of amides is 2. The number of methoxy groups -OCH3 is 1. The second kappa shape index (κ2) is 7.91. The molecule has 1 aliphatic heterocycles. The number of nitrogens with zero attached hydrogens (tertiary/aromatic N) is 1. The fourth-order valence-electron chi connectivity index (χ4n) is 3.03. The number of carbonyl (C=O) groups is 2. The number of anilines is 2. The van der Waals surface area contributed by atoms with Gasteiger partial charge in [-0.1, -0.05) is 19.1 Å². The Kier molecular flexibility index (Phi) is 5.61. The minimum Gasteiger partial charge on any atom is -0.495 e. The number of aryl methyl sites for hydroxylation is 1. The number of hydrogen-bond acceptors (Lipinski definition) is 3. The third-order valence-corrected chi connectivity index (χ3v) is 5.23. The standard InChI is InChI=1S/C20H21BrN2O3/c1-3-13-4-7-16(8-5-13)23-12-14(10-19(23)24)20(25)22-15-6-9-17(21)18(11-15)26-2/h4-9,11,14H,3,10,12H2,1-2H3,(H,22,25)/t14-/m0/s1. The van der Waals surface area contributed by atoms with E-state index in [-0.39, 0.29) is 24.2 Å². The molecule has 26 heavy (non-hydrogen) atoms. The lowest BCUT2D eigenvalue weighted by atomic mass is 10.1. The highest BCUT2D eigenvalue weighted by Gasteiger charge is 2.35. The van der Waals surface area contributed by atoms with Gasteiger partial charge in [0, 0.05) is 30.4 Å². The summed E-state index contributed by atoms with van der Waals surface area (Å²) in [5, 5.41) is 2.88. The lowest BCUT2D eigenvalue weighted by molar-refractivity contribution is -0.122. The summed E-state index contributed by atoms with van der Waals surface area (Å²) in [4.78, 5) is 26.6. The van der Waals surface area contributed by atoms with Gasteiger partial charge in [0.2, 0.25) is 11.8 Å². The summed E-state index contributed by atoms with van der Waals surface area (Å²) in [6.07, 6.45) is 1.17. The molecule has 0 bridgehead atoms. The van der Waals surface area contributed by atoms with Crippen LogP contribution in [-0.4, -0.2) is 25.5 Å². The number of nitrogens with one attached hydrogen (secondary N) is 1. The molecular weight excluding hydrogens is 396 g/mol. The van der Waals surface area contributed by atoms with Crippen LogP contribution in [0.1, 0.15) is 18.9 Å². The fraction of sp³-hybridized carbons (Fsp3) is 0.300. The molecule has 1 N–H and O–H groups in total. The maximum Gasteiger partial charge on any atom is 0.229 e. The third kappa shape index (κ3) is 3.90. The van der Waals surface area contributed by atoms with Crippen LogP contribution in [0.4, 0.5) is 11.4 Å². The van der Waals surface area contributed by atoms with Crippen LogP contribution in [0.3, 0.4) is 0 Å². The van der Waals surface area contributed by atoms with Crippen molar-refractivity contribution in [1.29, 1.82) is 0 Å². The van der Waals surface area contributed by atoms with Crippen molar-refractivity contribution in [3.05, 3.63) is 52.5 Å². The van der Waals surface area contributed by atoms with Gasteiger partial charge < -0.3 is 15.0 Å². The van der Waals surface area contributed by atoms with E-state index in [1.165, 1.54) is 5.56 Å². The van der Waals surface area contributed by atoms with Crippen LogP contribution < -0.4 is 15.0 Å². The molecule has 0 aromatic heterocycles. The van der Waals surface area contributed by atoms with Crippen molar-refractivity contribution in [3.63, 3.8) is 0 Å². The Bertz CT molecular complexity index is 820. The molecule has 3 rings (SSSR count). The number of halogens is 1. The van der Waals surface area contributed by atoms with Crippen molar-refractivity contribution in [2.45, 2.75) is 19.8 Å². The highest BCUT2D eigenvalue weighted by Crippen LogP contribution is 2.30. The molecule has 2 amide bonds. The van der Waals surface area contributed by atoms with E-state index in [1.54, 1.807) is 24.1 Å². The van der Waals surface area contributed by atoms with Crippen molar-refractivity contribution in [2.24, 2.45) is 5.92 Å². The van der Waals surface area contributed by atoms with Crippen molar-refractivity contribution in [1.82, 2.24) is 0 Å². The van der Waals surface area contributed by atoms with Crippen molar-refractivity contribution >= 4 is 39.1 Å². The van der Waals surface area contributed by atoms with E-state index in [2.05, 4.69) is 28.2 Å². The topological polar surface area (TPSA) is 58.6 Å². The largest absolute Gasteiger partial charge is 0.495 e. The maximum atomic E-state index is 12.6. The number of benzene rings is 2. The zero-order valence-corrected chi connectivity index (χ0v) is 16.4. The highest BCUT2D eigenvalue weighted by molar-refractivity contribution is 9.10. The Balaban J connectivity index is 1.68. The lowest BCUT2D eigenvalue weighted by Crippen LogP contribution is -2.28. The van der Waals surface area contributed by atoms with Crippen LogP contribution in [0.25, 0.3) is 0 Å². The summed E-state index contributed by atoms with van der Waals surface area (Å²) < 4.78 is 6.06. The van der Waals surface area contributed by atoms with Gasteiger partial charge in [-0.3, -0.25) is 9.59 Å². The Morgan fingerprint density at radius 1 is 1.27 bits per heavy atom. The predicted octanol–water partition coefficient (Wildman–Crippen LogP) is 4.01. The van der Waals surface area contributed by atoms with Gasteiger partial charge >= 0.3 is 0 Å². The molecular formula is C20H21BrN2O3. The average molecular weight is 417 g/mol. The molecule has 0 unspecified atom stereocenters. The van der Waals surface area contributed by atoms with Crippen molar-refractivity contribution in [2.75, 3.05) is 23.9 Å². The monoisotopic (exact) mass is 416 g/mol. The normalized spacial score (nSPS) is 16.7. The van der Waals surface area contributed by atoms with Gasteiger partial charge in [0.15, 0.2) is 0 Å². The van der Waals surface area contributed by atoms with E-state index in [1.807, 2.05) is 30.3 Å². The second-order valence-electron chi connectivity index (χ2n) is 6.26. The van der Waals surface area contributed by atoms with E-state index in [4.69, 9.17) is 4.74 Å². The summed E-state index contributed by atoms with van der Waals surface area (Å²) in [6.45, 7) is 2.48.